The van der Waals surface area contributed by atoms with E-state index in [1.165, 1.54) is 12.1 Å². The maximum absolute atomic E-state index is 13.5. The zero-order valence-electron chi connectivity index (χ0n) is 11.5. The van der Waals surface area contributed by atoms with Gasteiger partial charge in [0.15, 0.2) is 0 Å². The van der Waals surface area contributed by atoms with Crippen LogP contribution in [0.25, 0.3) is 0 Å². The van der Waals surface area contributed by atoms with E-state index < -0.39 is 0 Å². The number of rotatable bonds is 3. The molecule has 0 bridgehead atoms. The molecule has 2 rings (SSSR count). The number of hydrogen-bond donors (Lipinski definition) is 1. The molecule has 0 saturated carbocycles. The van der Waals surface area contributed by atoms with E-state index in [1.807, 2.05) is 20.0 Å². The minimum Gasteiger partial charge on any atom is -0.487 e. The Hall–Kier alpha value is -2.32. The van der Waals surface area contributed by atoms with Gasteiger partial charge in [-0.05, 0) is 25.1 Å². The molecule has 20 heavy (non-hydrogen) atoms. The van der Waals surface area contributed by atoms with Crippen LogP contribution in [-0.2, 0) is 13.7 Å². The first-order chi connectivity index (χ1) is 9.58. The van der Waals surface area contributed by atoms with Gasteiger partial charge in [-0.25, -0.2) is 4.39 Å². The molecule has 4 nitrogen and oxygen atoms in total. The average Bonchev–Trinajstić information content (AvgIpc) is 2.72. The Morgan fingerprint density at radius 1 is 1.35 bits per heavy atom. The third-order valence-electron chi connectivity index (χ3n) is 2.69. The second kappa shape index (κ2) is 6.22. The van der Waals surface area contributed by atoms with Crippen molar-refractivity contribution in [1.29, 1.82) is 0 Å². The lowest BCUT2D eigenvalue weighted by molar-refractivity contribution is 0.293. The Morgan fingerprint density at radius 3 is 2.80 bits per heavy atom. The highest BCUT2D eigenvalue weighted by atomic mass is 19.1. The van der Waals surface area contributed by atoms with E-state index in [-0.39, 0.29) is 12.4 Å². The largest absolute Gasteiger partial charge is 0.487 e. The topological polar surface area (TPSA) is 53.1 Å². The molecular weight excluding hydrogens is 257 g/mol. The molecule has 0 spiro atoms. The highest BCUT2D eigenvalue weighted by Crippen LogP contribution is 2.17. The van der Waals surface area contributed by atoms with Gasteiger partial charge < -0.3 is 10.5 Å². The van der Waals surface area contributed by atoms with E-state index >= 15 is 0 Å². The summed E-state index contributed by atoms with van der Waals surface area (Å²) in [4.78, 5) is 0. The quantitative estimate of drug-likeness (QED) is 0.867. The molecule has 0 aliphatic heterocycles. The predicted molar refractivity (Wildman–Crippen MR) is 74.6 cm³/mol. The van der Waals surface area contributed by atoms with E-state index in [4.69, 9.17) is 10.5 Å². The minimum atomic E-state index is -0.384. The summed E-state index contributed by atoms with van der Waals surface area (Å²) in [6.07, 6.45) is 0. The number of nitrogens with two attached hydrogens (primary N) is 1. The lowest BCUT2D eigenvalue weighted by atomic mass is 10.2. The lowest BCUT2D eigenvalue weighted by Gasteiger charge is -2.07. The first kappa shape index (κ1) is 14.1. The first-order valence-electron chi connectivity index (χ1n) is 6.20. The Balaban J connectivity index is 2.13. The molecule has 2 aromatic rings. The molecule has 0 unspecified atom stereocenters. The normalized spacial score (nSPS) is 10.0. The van der Waals surface area contributed by atoms with Crippen LogP contribution in [0.1, 0.15) is 17.0 Å². The van der Waals surface area contributed by atoms with Gasteiger partial charge in [-0.15, -0.1) is 0 Å². The maximum atomic E-state index is 13.5. The summed E-state index contributed by atoms with van der Waals surface area (Å²) in [6, 6.07) is 6.30. The summed E-state index contributed by atoms with van der Waals surface area (Å²) in [5.41, 5.74) is 7.68. The number of ether oxygens (including phenoxy) is 1. The van der Waals surface area contributed by atoms with E-state index in [1.54, 1.807) is 10.7 Å². The fourth-order valence-electron chi connectivity index (χ4n) is 1.83. The van der Waals surface area contributed by atoms with Crippen LogP contribution in [0.4, 0.5) is 4.39 Å². The van der Waals surface area contributed by atoms with Gasteiger partial charge in [0.25, 0.3) is 0 Å². The van der Waals surface area contributed by atoms with Gasteiger partial charge in [0.2, 0.25) is 0 Å². The van der Waals surface area contributed by atoms with Crippen molar-refractivity contribution in [2.24, 2.45) is 12.8 Å². The first-order valence-corrected chi connectivity index (χ1v) is 6.20. The number of benzene rings is 1. The molecule has 0 aliphatic rings. The second-order valence-corrected chi connectivity index (χ2v) is 4.37. The van der Waals surface area contributed by atoms with E-state index in [0.29, 0.717) is 17.9 Å². The van der Waals surface area contributed by atoms with Gasteiger partial charge >= 0.3 is 0 Å². The fourth-order valence-corrected chi connectivity index (χ4v) is 1.83. The van der Waals surface area contributed by atoms with E-state index in [2.05, 4.69) is 16.9 Å². The molecule has 0 radical (unpaired) electrons. The lowest BCUT2D eigenvalue weighted by Crippen LogP contribution is -2.03. The molecule has 1 aromatic heterocycles. The van der Waals surface area contributed by atoms with Crippen molar-refractivity contribution in [3.8, 4) is 17.6 Å². The maximum Gasteiger partial charge on any atom is 0.130 e. The number of nitrogens with zero attached hydrogens (tertiary/aromatic N) is 2. The summed E-state index contributed by atoms with van der Waals surface area (Å²) in [5, 5.41) is 4.23. The van der Waals surface area contributed by atoms with E-state index in [0.717, 1.165) is 11.4 Å². The van der Waals surface area contributed by atoms with Gasteiger partial charge in [0, 0.05) is 18.7 Å². The summed E-state index contributed by atoms with van der Waals surface area (Å²) < 4.78 is 20.8. The number of halogens is 1. The van der Waals surface area contributed by atoms with Crippen LogP contribution in [0.15, 0.2) is 24.3 Å². The Bertz CT molecular complexity index is 667. The summed E-state index contributed by atoms with van der Waals surface area (Å²) in [6.45, 7) is 2.47. The number of hydrogen-bond acceptors (Lipinski definition) is 3. The van der Waals surface area contributed by atoms with Crippen molar-refractivity contribution in [1.82, 2.24) is 9.78 Å². The third kappa shape index (κ3) is 3.59. The molecule has 0 fully saturated rings. The highest BCUT2D eigenvalue weighted by molar-refractivity contribution is 5.40. The van der Waals surface area contributed by atoms with Crippen LogP contribution in [0.3, 0.4) is 0 Å². The van der Waals surface area contributed by atoms with Crippen molar-refractivity contribution in [2.75, 3.05) is 6.54 Å². The standard InChI is InChI=1S/C15H16FN3O/c1-11-6-14(19(2)18-11)10-20-15-8-12(4-3-5-17)7-13(16)9-15/h6-9H,5,10,17H2,1-2H3. The monoisotopic (exact) mass is 273 g/mol. The Morgan fingerprint density at radius 2 is 2.15 bits per heavy atom. The van der Waals surface area contributed by atoms with Crippen LogP contribution in [0.5, 0.6) is 5.75 Å². The summed E-state index contributed by atoms with van der Waals surface area (Å²) in [5.74, 6) is 5.52. The average molecular weight is 273 g/mol. The minimum absolute atomic E-state index is 0.237. The van der Waals surface area contributed by atoms with Crippen LogP contribution >= 0.6 is 0 Å². The molecule has 1 aromatic carbocycles. The van der Waals surface area contributed by atoms with Crippen LogP contribution < -0.4 is 10.5 Å². The van der Waals surface area contributed by atoms with Crippen molar-refractivity contribution in [2.45, 2.75) is 13.5 Å². The van der Waals surface area contributed by atoms with Crippen LogP contribution in [-0.4, -0.2) is 16.3 Å². The van der Waals surface area contributed by atoms with Crippen molar-refractivity contribution < 1.29 is 9.13 Å². The Labute approximate surface area is 117 Å². The SMILES string of the molecule is Cc1cc(COc2cc(F)cc(C#CCN)c2)n(C)n1. The molecule has 104 valence electrons. The van der Waals surface area contributed by atoms with Crippen molar-refractivity contribution >= 4 is 0 Å². The van der Waals surface area contributed by atoms with Crippen molar-refractivity contribution in [3.05, 3.63) is 47.0 Å². The second-order valence-electron chi connectivity index (χ2n) is 4.37. The molecule has 2 N–H and O–H groups in total. The fraction of sp³-hybridized carbons (Fsp3) is 0.267. The van der Waals surface area contributed by atoms with Gasteiger partial charge in [-0.3, -0.25) is 4.68 Å². The van der Waals surface area contributed by atoms with Gasteiger partial charge in [0.1, 0.15) is 18.2 Å². The molecule has 0 amide bonds. The molecule has 0 aliphatic carbocycles. The van der Waals surface area contributed by atoms with Crippen LogP contribution in [0, 0.1) is 24.6 Å². The molecule has 1 heterocycles. The van der Waals surface area contributed by atoms with Gasteiger partial charge in [0.05, 0.1) is 17.9 Å². The number of aromatic nitrogens is 2. The zero-order chi connectivity index (χ0) is 14.5. The van der Waals surface area contributed by atoms with E-state index in [9.17, 15) is 4.39 Å². The predicted octanol–water partition coefficient (Wildman–Crippen LogP) is 1.76. The van der Waals surface area contributed by atoms with Gasteiger partial charge in [-0.2, -0.15) is 5.10 Å². The third-order valence-corrected chi connectivity index (χ3v) is 2.69. The highest BCUT2D eigenvalue weighted by Gasteiger charge is 2.05. The molecule has 0 saturated heterocycles. The van der Waals surface area contributed by atoms with Crippen molar-refractivity contribution in [3.63, 3.8) is 0 Å². The zero-order valence-corrected chi connectivity index (χ0v) is 11.5. The Kier molecular flexibility index (Phi) is 4.38. The summed E-state index contributed by atoms with van der Waals surface area (Å²) >= 11 is 0. The van der Waals surface area contributed by atoms with Gasteiger partial charge in [-0.1, -0.05) is 11.8 Å². The van der Waals surface area contributed by atoms with Crippen LogP contribution in [0.2, 0.25) is 0 Å². The molecule has 0 atom stereocenters. The summed E-state index contributed by atoms with van der Waals surface area (Å²) in [7, 11) is 1.84. The molecular formula is C15H16FN3O. The molecule has 5 heteroatoms. The smallest absolute Gasteiger partial charge is 0.130 e. The number of aryl methyl sites for hydroxylation is 2.